The lowest BCUT2D eigenvalue weighted by Crippen LogP contribution is -2.33. The molecule has 0 aromatic carbocycles. The first-order valence-corrected chi connectivity index (χ1v) is 7.18. The van der Waals surface area contributed by atoms with Gasteiger partial charge in [0.1, 0.15) is 12.2 Å². The third kappa shape index (κ3) is 6.55. The van der Waals surface area contributed by atoms with Gasteiger partial charge in [-0.2, -0.15) is 0 Å². The number of unbranched alkanes of at least 4 members (excludes halogenated alkanes) is 5. The van der Waals surface area contributed by atoms with E-state index < -0.39 is 0 Å². The highest BCUT2D eigenvalue weighted by Gasteiger charge is 2.02. The van der Waals surface area contributed by atoms with Crippen LogP contribution in [0.25, 0.3) is 0 Å². The maximum atomic E-state index is 5.45. The molecule has 3 N–H and O–H groups in total. The fourth-order valence-corrected chi connectivity index (χ4v) is 2.07. The van der Waals surface area contributed by atoms with Gasteiger partial charge < -0.3 is 11.1 Å². The van der Waals surface area contributed by atoms with Crippen LogP contribution in [-0.2, 0) is 6.54 Å². The zero-order chi connectivity index (χ0) is 13.2. The summed E-state index contributed by atoms with van der Waals surface area (Å²) < 4.78 is 2.18. The molecule has 4 heteroatoms. The van der Waals surface area contributed by atoms with E-state index in [1.54, 1.807) is 0 Å². The quantitative estimate of drug-likeness (QED) is 0.432. The molecule has 0 saturated heterocycles. The van der Waals surface area contributed by atoms with Crippen molar-refractivity contribution in [3.63, 3.8) is 0 Å². The minimum atomic E-state index is 0.312. The lowest BCUT2D eigenvalue weighted by molar-refractivity contribution is -0.696. The predicted octanol–water partition coefficient (Wildman–Crippen LogP) is 2.99. The number of pyridine rings is 1. The molecule has 1 aromatic heterocycles. The van der Waals surface area contributed by atoms with E-state index in [1.165, 1.54) is 38.5 Å². The number of nitrogens with zero attached hydrogens (tertiary/aromatic N) is 1. The number of hydrogen-bond donors (Lipinski definition) is 2. The van der Waals surface area contributed by atoms with Gasteiger partial charge in [-0.05, 0) is 24.7 Å². The molecule has 0 saturated carbocycles. The maximum Gasteiger partial charge on any atom is 0.192 e. The monoisotopic (exact) mass is 266 g/mol. The predicted molar refractivity (Wildman–Crippen MR) is 80.4 cm³/mol. The molecule has 0 spiro atoms. The Morgan fingerprint density at radius 2 is 2.00 bits per heavy atom. The first kappa shape index (κ1) is 14.9. The van der Waals surface area contributed by atoms with Crippen LogP contribution in [0.15, 0.2) is 24.5 Å². The van der Waals surface area contributed by atoms with Crippen molar-refractivity contribution in [1.82, 2.24) is 0 Å². The fraction of sp³-hybridized carbons (Fsp3) is 0.571. The molecule has 1 rings (SSSR count). The molecule has 18 heavy (non-hydrogen) atoms. The molecule has 0 aliphatic carbocycles. The first-order valence-electron chi connectivity index (χ1n) is 6.78. The Hall–Kier alpha value is -1.16. The lowest BCUT2D eigenvalue weighted by atomic mass is 10.1. The highest BCUT2D eigenvalue weighted by atomic mass is 32.1. The zero-order valence-corrected chi connectivity index (χ0v) is 12.0. The SMILES string of the molecule is CCCCCCCC[n+]1cccc(NC(N)=S)c1. The Balaban J connectivity index is 2.27. The second-order valence-corrected chi connectivity index (χ2v) is 5.03. The number of aryl methyl sites for hydroxylation is 1. The second-order valence-electron chi connectivity index (χ2n) is 4.59. The molecule has 0 atom stereocenters. The van der Waals surface area contributed by atoms with Gasteiger partial charge in [-0.25, -0.2) is 4.57 Å². The number of thiocarbonyl (C=S) groups is 1. The van der Waals surface area contributed by atoms with Gasteiger partial charge in [-0.3, -0.25) is 0 Å². The third-order valence-electron chi connectivity index (χ3n) is 2.90. The topological polar surface area (TPSA) is 41.9 Å². The summed E-state index contributed by atoms with van der Waals surface area (Å²) in [4.78, 5) is 0. The van der Waals surface area contributed by atoms with Crippen LogP contribution < -0.4 is 15.6 Å². The van der Waals surface area contributed by atoms with Gasteiger partial charge in [0.15, 0.2) is 17.5 Å². The largest absolute Gasteiger partial charge is 0.376 e. The Morgan fingerprint density at radius 1 is 1.28 bits per heavy atom. The summed E-state index contributed by atoms with van der Waals surface area (Å²) in [6, 6.07) is 3.98. The molecular weight excluding hydrogens is 242 g/mol. The number of hydrogen-bond acceptors (Lipinski definition) is 1. The highest BCUT2D eigenvalue weighted by molar-refractivity contribution is 7.80. The zero-order valence-electron chi connectivity index (χ0n) is 11.2. The van der Waals surface area contributed by atoms with E-state index in [4.69, 9.17) is 18.0 Å². The third-order valence-corrected chi connectivity index (χ3v) is 3.00. The smallest absolute Gasteiger partial charge is 0.192 e. The first-order chi connectivity index (χ1) is 8.72. The van der Waals surface area contributed by atoms with Gasteiger partial charge in [-0.15, -0.1) is 0 Å². The second kappa shape index (κ2) is 8.86. The van der Waals surface area contributed by atoms with Crippen molar-refractivity contribution in [2.45, 2.75) is 52.0 Å². The van der Waals surface area contributed by atoms with E-state index in [9.17, 15) is 0 Å². The van der Waals surface area contributed by atoms with E-state index in [2.05, 4.69) is 23.0 Å². The number of anilines is 1. The summed E-state index contributed by atoms with van der Waals surface area (Å²) >= 11 is 4.82. The van der Waals surface area contributed by atoms with Crippen LogP contribution in [0.2, 0.25) is 0 Å². The molecule has 0 aliphatic rings. The van der Waals surface area contributed by atoms with Crippen LogP contribution in [0.4, 0.5) is 5.69 Å². The van der Waals surface area contributed by atoms with Crippen LogP contribution >= 0.6 is 12.2 Å². The van der Waals surface area contributed by atoms with Gasteiger partial charge in [0.2, 0.25) is 0 Å². The lowest BCUT2D eigenvalue weighted by Gasteiger charge is -2.03. The molecule has 0 fully saturated rings. The van der Waals surface area contributed by atoms with Gasteiger partial charge in [0, 0.05) is 12.5 Å². The Morgan fingerprint density at radius 3 is 2.72 bits per heavy atom. The van der Waals surface area contributed by atoms with Crippen LogP contribution in [0, 0.1) is 0 Å². The highest BCUT2D eigenvalue weighted by Crippen LogP contribution is 2.05. The summed E-state index contributed by atoms with van der Waals surface area (Å²) in [7, 11) is 0. The summed E-state index contributed by atoms with van der Waals surface area (Å²) in [5.74, 6) is 0. The average Bonchev–Trinajstić information content (AvgIpc) is 2.33. The van der Waals surface area contributed by atoms with E-state index in [0.717, 1.165) is 12.2 Å². The van der Waals surface area contributed by atoms with Crippen LogP contribution in [0.1, 0.15) is 45.4 Å². The van der Waals surface area contributed by atoms with Crippen molar-refractivity contribution in [1.29, 1.82) is 0 Å². The van der Waals surface area contributed by atoms with Crippen LogP contribution in [-0.4, -0.2) is 5.11 Å². The Labute approximate surface area is 115 Å². The fourth-order valence-electron chi connectivity index (χ4n) is 1.95. The Kier molecular flexibility index (Phi) is 7.34. The summed E-state index contributed by atoms with van der Waals surface area (Å²) in [6.07, 6.45) is 12.0. The molecule has 0 amide bonds. The Bertz CT molecular complexity index is 366. The normalized spacial score (nSPS) is 10.3. The van der Waals surface area contributed by atoms with Gasteiger partial charge in [0.25, 0.3) is 0 Å². The van der Waals surface area contributed by atoms with E-state index in [1.807, 2.05) is 18.3 Å². The van der Waals surface area contributed by atoms with Crippen molar-refractivity contribution < 1.29 is 4.57 Å². The molecule has 100 valence electrons. The molecule has 1 aromatic rings. The van der Waals surface area contributed by atoms with E-state index in [-0.39, 0.29) is 0 Å². The number of rotatable bonds is 8. The van der Waals surface area contributed by atoms with E-state index >= 15 is 0 Å². The molecule has 0 radical (unpaired) electrons. The number of nitrogens with two attached hydrogens (primary N) is 1. The number of nitrogens with one attached hydrogen (secondary N) is 1. The van der Waals surface area contributed by atoms with E-state index in [0.29, 0.717) is 5.11 Å². The van der Waals surface area contributed by atoms with Crippen molar-refractivity contribution in [2.24, 2.45) is 5.73 Å². The van der Waals surface area contributed by atoms with Gasteiger partial charge in [-0.1, -0.05) is 32.6 Å². The van der Waals surface area contributed by atoms with Gasteiger partial charge in [0.05, 0.1) is 0 Å². The summed E-state index contributed by atoms with van der Waals surface area (Å²) in [5.41, 5.74) is 6.41. The molecule has 0 unspecified atom stereocenters. The summed E-state index contributed by atoms with van der Waals surface area (Å²) in [5, 5.41) is 3.26. The molecule has 1 heterocycles. The number of aromatic nitrogens is 1. The molecule has 3 nitrogen and oxygen atoms in total. The standard InChI is InChI=1S/C14H23N3S/c1-2-3-4-5-6-7-10-17-11-8-9-13(12-17)16-14(15)18/h8-9,11-12H,2-7,10H2,1H3,(H2-,15,16,18)/p+1. The molecular formula is C14H24N3S+. The van der Waals surface area contributed by atoms with Crippen LogP contribution in [0.5, 0.6) is 0 Å². The van der Waals surface area contributed by atoms with Crippen molar-refractivity contribution in [3.8, 4) is 0 Å². The molecule has 0 bridgehead atoms. The molecule has 0 aliphatic heterocycles. The summed E-state index contributed by atoms with van der Waals surface area (Å²) in [6.45, 7) is 3.30. The van der Waals surface area contributed by atoms with Crippen molar-refractivity contribution in [2.75, 3.05) is 5.32 Å². The minimum absolute atomic E-state index is 0.312. The van der Waals surface area contributed by atoms with Crippen LogP contribution in [0.3, 0.4) is 0 Å². The minimum Gasteiger partial charge on any atom is -0.376 e. The van der Waals surface area contributed by atoms with Crippen molar-refractivity contribution >= 4 is 23.0 Å². The van der Waals surface area contributed by atoms with Crippen molar-refractivity contribution in [3.05, 3.63) is 24.5 Å². The van der Waals surface area contributed by atoms with Gasteiger partial charge >= 0.3 is 0 Å². The average molecular weight is 266 g/mol. The maximum absolute atomic E-state index is 5.45.